The Labute approximate surface area is 173 Å². The lowest BCUT2D eigenvalue weighted by Crippen LogP contribution is -2.54. The van der Waals surface area contributed by atoms with Gasteiger partial charge in [-0.15, -0.1) is 0 Å². The molecule has 0 radical (unpaired) electrons. The Bertz CT molecular complexity index is 863. The first-order valence-electron chi connectivity index (χ1n) is 10.7. The average molecular weight is 394 g/mol. The third-order valence-corrected chi connectivity index (χ3v) is 5.60. The van der Waals surface area contributed by atoms with Crippen molar-refractivity contribution in [3.8, 4) is 0 Å². The van der Waals surface area contributed by atoms with Crippen LogP contribution in [0.5, 0.6) is 0 Å². The van der Waals surface area contributed by atoms with Gasteiger partial charge in [-0.3, -0.25) is 9.69 Å². The van der Waals surface area contributed by atoms with E-state index in [2.05, 4.69) is 69.8 Å². The molecule has 2 aromatic rings. The zero-order chi connectivity index (χ0) is 20.1. The number of rotatable bonds is 6. The second-order valence-corrected chi connectivity index (χ2v) is 7.91. The molecule has 2 fully saturated rings. The third kappa shape index (κ3) is 5.26. The van der Waals surface area contributed by atoms with Crippen molar-refractivity contribution in [3.63, 3.8) is 0 Å². The molecule has 0 unspecified atom stereocenters. The fraction of sp³-hybridized carbons (Fsp3) is 0.478. The maximum Gasteiger partial charge on any atom is 0.234 e. The lowest BCUT2D eigenvalue weighted by molar-refractivity contribution is -0.122. The highest BCUT2D eigenvalue weighted by Gasteiger charge is 2.25. The molecule has 1 aliphatic carbocycles. The molecular weight excluding hydrogens is 362 g/mol. The van der Waals surface area contributed by atoms with Crippen LogP contribution in [0.1, 0.15) is 25.3 Å². The lowest BCUT2D eigenvalue weighted by atomic mass is 10.1. The standard InChI is InChI=1S/C23H31N5O/c1-2-24-23(25-16-19-8-5-7-18-6-3-4-9-21(18)19)28-14-12-27(13-15-28)17-22(29)26-20-10-11-20/h3-9,20H,2,10-17H2,1H3,(H,24,25)(H,26,29). The van der Waals surface area contributed by atoms with Gasteiger partial charge in [0.1, 0.15) is 0 Å². The van der Waals surface area contributed by atoms with Crippen LogP contribution in [0.15, 0.2) is 47.5 Å². The number of nitrogens with one attached hydrogen (secondary N) is 2. The molecule has 1 saturated heterocycles. The van der Waals surface area contributed by atoms with Gasteiger partial charge in [0.05, 0.1) is 13.1 Å². The minimum Gasteiger partial charge on any atom is -0.357 e. The summed E-state index contributed by atoms with van der Waals surface area (Å²) < 4.78 is 0. The number of aliphatic imine (C=N–C) groups is 1. The molecule has 154 valence electrons. The number of carbonyl (C=O) groups is 1. The van der Waals surface area contributed by atoms with Crippen LogP contribution in [0.4, 0.5) is 0 Å². The minimum absolute atomic E-state index is 0.164. The first kappa shape index (κ1) is 19.7. The van der Waals surface area contributed by atoms with Crippen LogP contribution in [0.25, 0.3) is 10.8 Å². The van der Waals surface area contributed by atoms with Gasteiger partial charge in [0, 0.05) is 38.8 Å². The van der Waals surface area contributed by atoms with Gasteiger partial charge < -0.3 is 15.5 Å². The lowest BCUT2D eigenvalue weighted by Gasteiger charge is -2.36. The van der Waals surface area contributed by atoms with E-state index in [1.54, 1.807) is 0 Å². The Balaban J connectivity index is 1.36. The monoisotopic (exact) mass is 393 g/mol. The highest BCUT2D eigenvalue weighted by Crippen LogP contribution is 2.20. The van der Waals surface area contributed by atoms with Crippen LogP contribution < -0.4 is 10.6 Å². The number of nitrogens with zero attached hydrogens (tertiary/aromatic N) is 3. The average Bonchev–Trinajstić information content (AvgIpc) is 3.55. The molecule has 0 spiro atoms. The number of fused-ring (bicyclic) bond motifs is 1. The van der Waals surface area contributed by atoms with E-state index in [9.17, 15) is 4.79 Å². The summed E-state index contributed by atoms with van der Waals surface area (Å²) in [6.45, 7) is 7.66. The van der Waals surface area contributed by atoms with Gasteiger partial charge in [-0.05, 0) is 36.1 Å². The molecule has 6 heteroatoms. The van der Waals surface area contributed by atoms with E-state index in [-0.39, 0.29) is 5.91 Å². The maximum absolute atomic E-state index is 12.0. The summed E-state index contributed by atoms with van der Waals surface area (Å²) >= 11 is 0. The molecule has 29 heavy (non-hydrogen) atoms. The molecule has 1 amide bonds. The van der Waals surface area contributed by atoms with E-state index < -0.39 is 0 Å². The zero-order valence-electron chi connectivity index (χ0n) is 17.2. The molecule has 2 N–H and O–H groups in total. The number of carbonyl (C=O) groups excluding carboxylic acids is 1. The SMILES string of the molecule is CCNC(=NCc1cccc2ccccc12)N1CCN(CC(=O)NC2CC2)CC1. The molecule has 4 rings (SSSR count). The quantitative estimate of drug-likeness (QED) is 0.584. The smallest absolute Gasteiger partial charge is 0.234 e. The Morgan fingerprint density at radius 1 is 1.07 bits per heavy atom. The highest BCUT2D eigenvalue weighted by molar-refractivity contribution is 5.86. The molecule has 0 atom stereocenters. The van der Waals surface area contributed by atoms with Gasteiger partial charge in [-0.25, -0.2) is 4.99 Å². The van der Waals surface area contributed by atoms with Gasteiger partial charge in [0.25, 0.3) is 0 Å². The van der Waals surface area contributed by atoms with Gasteiger partial charge >= 0.3 is 0 Å². The van der Waals surface area contributed by atoms with Gasteiger partial charge in [0.2, 0.25) is 5.91 Å². The van der Waals surface area contributed by atoms with Gasteiger partial charge in [-0.1, -0.05) is 42.5 Å². The first-order chi connectivity index (χ1) is 14.2. The van der Waals surface area contributed by atoms with Crippen molar-refractivity contribution in [3.05, 3.63) is 48.0 Å². The van der Waals surface area contributed by atoms with E-state index in [1.807, 2.05) is 0 Å². The first-order valence-corrected chi connectivity index (χ1v) is 10.7. The summed E-state index contributed by atoms with van der Waals surface area (Å²) in [4.78, 5) is 21.5. The largest absolute Gasteiger partial charge is 0.357 e. The van der Waals surface area contributed by atoms with Crippen molar-refractivity contribution in [2.75, 3.05) is 39.3 Å². The van der Waals surface area contributed by atoms with E-state index in [1.165, 1.54) is 16.3 Å². The number of benzene rings is 2. The van der Waals surface area contributed by atoms with Crippen LogP contribution in [-0.2, 0) is 11.3 Å². The van der Waals surface area contributed by atoms with Crippen molar-refractivity contribution in [2.24, 2.45) is 4.99 Å². The number of hydrogen-bond donors (Lipinski definition) is 2. The molecule has 2 aromatic carbocycles. The van der Waals surface area contributed by atoms with E-state index in [0.29, 0.717) is 19.1 Å². The van der Waals surface area contributed by atoms with Crippen molar-refractivity contribution in [1.82, 2.24) is 20.4 Å². The number of piperazine rings is 1. The molecule has 0 aromatic heterocycles. The Morgan fingerprint density at radius 3 is 2.59 bits per heavy atom. The molecule has 1 heterocycles. The summed E-state index contributed by atoms with van der Waals surface area (Å²) in [7, 11) is 0. The maximum atomic E-state index is 12.0. The molecule has 0 bridgehead atoms. The van der Waals surface area contributed by atoms with Crippen molar-refractivity contribution in [2.45, 2.75) is 32.4 Å². The molecular formula is C23H31N5O. The van der Waals surface area contributed by atoms with Crippen LogP contribution in [0.3, 0.4) is 0 Å². The second kappa shape index (κ2) is 9.27. The topological polar surface area (TPSA) is 60.0 Å². The van der Waals surface area contributed by atoms with Crippen LogP contribution in [0.2, 0.25) is 0 Å². The fourth-order valence-electron chi connectivity index (χ4n) is 3.84. The van der Waals surface area contributed by atoms with Gasteiger partial charge in [0.15, 0.2) is 5.96 Å². The summed E-state index contributed by atoms with van der Waals surface area (Å²) in [6, 6.07) is 15.3. The zero-order valence-corrected chi connectivity index (χ0v) is 17.2. The highest BCUT2D eigenvalue weighted by atomic mass is 16.2. The van der Waals surface area contributed by atoms with Crippen LogP contribution >= 0.6 is 0 Å². The predicted molar refractivity (Wildman–Crippen MR) is 118 cm³/mol. The van der Waals surface area contributed by atoms with Crippen LogP contribution in [-0.4, -0.2) is 67.0 Å². The fourth-order valence-corrected chi connectivity index (χ4v) is 3.84. The normalized spacial score (nSPS) is 18.1. The number of amides is 1. The van der Waals surface area contributed by atoms with E-state index >= 15 is 0 Å². The Kier molecular flexibility index (Phi) is 6.30. The van der Waals surface area contributed by atoms with E-state index in [0.717, 1.165) is 51.5 Å². The van der Waals surface area contributed by atoms with E-state index in [4.69, 9.17) is 4.99 Å². The minimum atomic E-state index is 0.164. The molecule has 6 nitrogen and oxygen atoms in total. The third-order valence-electron chi connectivity index (χ3n) is 5.60. The Hall–Kier alpha value is -2.60. The number of guanidine groups is 1. The summed E-state index contributed by atoms with van der Waals surface area (Å²) in [5, 5.41) is 9.03. The summed E-state index contributed by atoms with van der Waals surface area (Å²) in [6.07, 6.45) is 2.28. The molecule has 1 saturated carbocycles. The van der Waals surface area contributed by atoms with Crippen molar-refractivity contribution >= 4 is 22.6 Å². The van der Waals surface area contributed by atoms with Crippen molar-refractivity contribution in [1.29, 1.82) is 0 Å². The van der Waals surface area contributed by atoms with Crippen LogP contribution in [0, 0.1) is 0 Å². The second-order valence-electron chi connectivity index (χ2n) is 7.91. The molecule has 1 aliphatic heterocycles. The van der Waals surface area contributed by atoms with Crippen molar-refractivity contribution < 1.29 is 4.79 Å². The summed E-state index contributed by atoms with van der Waals surface area (Å²) in [5.41, 5.74) is 1.24. The van der Waals surface area contributed by atoms with Gasteiger partial charge in [-0.2, -0.15) is 0 Å². The Morgan fingerprint density at radius 2 is 1.83 bits per heavy atom. The predicted octanol–water partition coefficient (Wildman–Crippen LogP) is 2.20. The molecule has 2 aliphatic rings. The number of hydrogen-bond acceptors (Lipinski definition) is 3. The summed E-state index contributed by atoms with van der Waals surface area (Å²) in [5.74, 6) is 1.12.